The van der Waals surface area contributed by atoms with Crippen LogP contribution in [0.1, 0.15) is 16.7 Å². The molecule has 0 radical (unpaired) electrons. The Morgan fingerprint density at radius 2 is 1.93 bits per heavy atom. The molecule has 9 heteroatoms. The van der Waals surface area contributed by atoms with Gasteiger partial charge >= 0.3 is 5.97 Å². The summed E-state index contributed by atoms with van der Waals surface area (Å²) in [5, 5.41) is 8.70. The Hall–Kier alpha value is -2.49. The van der Waals surface area contributed by atoms with Crippen LogP contribution in [0.15, 0.2) is 41.6 Å². The number of hydrogen-bond donors (Lipinski definition) is 1. The summed E-state index contributed by atoms with van der Waals surface area (Å²) in [6.45, 7) is 3.01. The molecule has 0 aliphatic heterocycles. The zero-order chi connectivity index (χ0) is 20.7. The first-order valence-corrected chi connectivity index (χ1v) is 10.0. The van der Waals surface area contributed by atoms with E-state index in [1.54, 1.807) is 50.5 Å². The standard InChI is InChI=1S/C19H24N2O6S/c1-14-9-17(26-3)10-15(2)19(14)28(24,25)21(7-8-27-13-18(22)23)12-16-5-4-6-20-11-16/h4-6,9-11H,7-8,12-13H2,1-3H3,(H,22,23). The van der Waals surface area contributed by atoms with E-state index in [9.17, 15) is 13.2 Å². The Balaban J connectivity index is 2.35. The minimum atomic E-state index is -3.86. The van der Waals surface area contributed by atoms with E-state index in [-0.39, 0.29) is 24.6 Å². The van der Waals surface area contributed by atoms with E-state index in [1.807, 2.05) is 0 Å². The third-order valence-electron chi connectivity index (χ3n) is 4.06. The Kier molecular flexibility index (Phi) is 7.50. The van der Waals surface area contributed by atoms with Crippen molar-refractivity contribution in [2.24, 2.45) is 0 Å². The molecule has 1 aromatic heterocycles. The maximum absolute atomic E-state index is 13.4. The molecule has 28 heavy (non-hydrogen) atoms. The highest BCUT2D eigenvalue weighted by Crippen LogP contribution is 2.29. The average Bonchev–Trinajstić information content (AvgIpc) is 2.63. The van der Waals surface area contributed by atoms with Crippen LogP contribution in [-0.2, 0) is 26.1 Å². The molecule has 152 valence electrons. The van der Waals surface area contributed by atoms with Crippen molar-refractivity contribution in [3.05, 3.63) is 53.3 Å². The number of carboxylic acids is 1. The molecule has 0 unspecified atom stereocenters. The number of aromatic nitrogens is 1. The van der Waals surface area contributed by atoms with Crippen LogP contribution in [0.5, 0.6) is 5.75 Å². The van der Waals surface area contributed by atoms with Crippen molar-refractivity contribution < 1.29 is 27.8 Å². The summed E-state index contributed by atoms with van der Waals surface area (Å²) in [6, 6.07) is 6.85. The first-order valence-electron chi connectivity index (χ1n) is 8.59. The van der Waals surface area contributed by atoms with Crippen molar-refractivity contribution in [2.45, 2.75) is 25.3 Å². The molecule has 2 rings (SSSR count). The second-order valence-electron chi connectivity index (χ2n) is 6.24. The maximum atomic E-state index is 13.4. The Labute approximate surface area is 164 Å². The second-order valence-corrected chi connectivity index (χ2v) is 8.11. The number of methoxy groups -OCH3 is 1. The van der Waals surface area contributed by atoms with Gasteiger partial charge in [-0.05, 0) is 48.7 Å². The lowest BCUT2D eigenvalue weighted by atomic mass is 10.1. The van der Waals surface area contributed by atoms with E-state index in [0.717, 1.165) is 0 Å². The van der Waals surface area contributed by atoms with Crippen LogP contribution in [-0.4, -0.2) is 55.7 Å². The van der Waals surface area contributed by atoms with Gasteiger partial charge in [0.2, 0.25) is 10.0 Å². The third-order valence-corrected chi connectivity index (χ3v) is 6.21. The molecule has 0 bridgehead atoms. The van der Waals surface area contributed by atoms with Crippen molar-refractivity contribution in [3.63, 3.8) is 0 Å². The number of sulfonamides is 1. The smallest absolute Gasteiger partial charge is 0.329 e. The number of benzene rings is 1. The van der Waals surface area contributed by atoms with E-state index in [4.69, 9.17) is 14.6 Å². The van der Waals surface area contributed by atoms with E-state index in [0.29, 0.717) is 22.4 Å². The highest BCUT2D eigenvalue weighted by Gasteiger charge is 2.28. The lowest BCUT2D eigenvalue weighted by molar-refractivity contribution is -0.142. The summed E-state index contributed by atoms with van der Waals surface area (Å²) in [4.78, 5) is 14.9. The molecule has 1 N–H and O–H groups in total. The minimum absolute atomic E-state index is 0.00934. The van der Waals surface area contributed by atoms with Crippen molar-refractivity contribution in [3.8, 4) is 5.75 Å². The summed E-state index contributed by atoms with van der Waals surface area (Å²) in [7, 11) is -2.34. The molecule has 0 saturated carbocycles. The maximum Gasteiger partial charge on any atom is 0.329 e. The largest absolute Gasteiger partial charge is 0.497 e. The van der Waals surface area contributed by atoms with Crippen LogP contribution >= 0.6 is 0 Å². The van der Waals surface area contributed by atoms with Gasteiger partial charge in [0.1, 0.15) is 12.4 Å². The van der Waals surface area contributed by atoms with Gasteiger partial charge in [-0.15, -0.1) is 0 Å². The summed E-state index contributed by atoms with van der Waals surface area (Å²) >= 11 is 0. The predicted molar refractivity (Wildman–Crippen MR) is 103 cm³/mol. The van der Waals surface area contributed by atoms with Crippen LogP contribution in [0.3, 0.4) is 0 Å². The number of carboxylic acid groups (broad SMARTS) is 1. The van der Waals surface area contributed by atoms with Gasteiger partial charge in [-0.2, -0.15) is 4.31 Å². The third kappa shape index (κ3) is 5.51. The number of aliphatic carboxylic acids is 1. The van der Waals surface area contributed by atoms with Crippen LogP contribution in [0, 0.1) is 13.8 Å². The summed E-state index contributed by atoms with van der Waals surface area (Å²) in [5.41, 5.74) is 1.85. The normalized spacial score (nSPS) is 11.6. The van der Waals surface area contributed by atoms with Gasteiger partial charge in [0.05, 0.1) is 18.6 Å². The number of hydrogen-bond acceptors (Lipinski definition) is 6. The van der Waals surface area contributed by atoms with Gasteiger partial charge in [-0.3, -0.25) is 4.98 Å². The topological polar surface area (TPSA) is 106 Å². The van der Waals surface area contributed by atoms with E-state index < -0.39 is 22.6 Å². The summed E-state index contributed by atoms with van der Waals surface area (Å²) in [6.07, 6.45) is 3.20. The van der Waals surface area contributed by atoms with Gasteiger partial charge in [0.25, 0.3) is 0 Å². The van der Waals surface area contributed by atoms with Crippen LogP contribution in [0.2, 0.25) is 0 Å². The Morgan fingerprint density at radius 1 is 1.25 bits per heavy atom. The SMILES string of the molecule is COc1cc(C)c(S(=O)(=O)N(CCOCC(=O)O)Cc2cccnc2)c(C)c1. The summed E-state index contributed by atoms with van der Waals surface area (Å²) in [5.74, 6) is -0.527. The molecule has 1 aromatic carbocycles. The number of aryl methyl sites for hydroxylation is 2. The molecular formula is C19H24N2O6S. The number of carbonyl (C=O) groups is 1. The molecule has 0 aliphatic rings. The van der Waals surface area contributed by atoms with Crippen LogP contribution in [0.25, 0.3) is 0 Å². The molecule has 8 nitrogen and oxygen atoms in total. The molecule has 0 atom stereocenters. The van der Waals surface area contributed by atoms with Crippen molar-refractivity contribution in [1.82, 2.24) is 9.29 Å². The van der Waals surface area contributed by atoms with Gasteiger partial charge in [-0.25, -0.2) is 13.2 Å². The first kappa shape index (κ1) is 21.8. The van der Waals surface area contributed by atoms with Crippen molar-refractivity contribution >= 4 is 16.0 Å². The summed E-state index contributed by atoms with van der Waals surface area (Å²) < 4.78 is 38.3. The number of rotatable bonds is 10. The molecular weight excluding hydrogens is 384 g/mol. The van der Waals surface area contributed by atoms with Crippen LogP contribution in [0.4, 0.5) is 0 Å². The lowest BCUT2D eigenvalue weighted by Crippen LogP contribution is -2.35. The first-order chi connectivity index (χ1) is 13.3. The van der Waals surface area contributed by atoms with Crippen molar-refractivity contribution in [1.29, 1.82) is 0 Å². The fourth-order valence-corrected chi connectivity index (χ4v) is 4.69. The molecule has 0 fully saturated rings. The molecule has 0 saturated heterocycles. The monoisotopic (exact) mass is 408 g/mol. The second kappa shape index (κ2) is 9.63. The zero-order valence-electron chi connectivity index (χ0n) is 16.1. The van der Waals surface area contributed by atoms with E-state index in [2.05, 4.69) is 4.98 Å². The van der Waals surface area contributed by atoms with Crippen LogP contribution < -0.4 is 4.74 Å². The van der Waals surface area contributed by atoms with Crippen molar-refractivity contribution in [2.75, 3.05) is 26.9 Å². The van der Waals surface area contributed by atoms with Gasteiger partial charge in [-0.1, -0.05) is 6.07 Å². The molecule has 0 amide bonds. The average molecular weight is 408 g/mol. The highest BCUT2D eigenvalue weighted by molar-refractivity contribution is 7.89. The lowest BCUT2D eigenvalue weighted by Gasteiger charge is -2.24. The Bertz CT molecular complexity index is 892. The fourth-order valence-electron chi connectivity index (χ4n) is 2.87. The number of nitrogens with zero attached hydrogens (tertiary/aromatic N) is 2. The zero-order valence-corrected chi connectivity index (χ0v) is 16.9. The number of pyridine rings is 1. The van der Waals surface area contributed by atoms with E-state index in [1.165, 1.54) is 11.4 Å². The molecule has 1 heterocycles. The Morgan fingerprint density at radius 3 is 2.46 bits per heavy atom. The quantitative estimate of drug-likeness (QED) is 0.599. The van der Waals surface area contributed by atoms with Gasteiger partial charge in [0.15, 0.2) is 0 Å². The van der Waals surface area contributed by atoms with Gasteiger partial charge in [0, 0.05) is 25.5 Å². The highest BCUT2D eigenvalue weighted by atomic mass is 32.2. The molecule has 2 aromatic rings. The fraction of sp³-hybridized carbons (Fsp3) is 0.368. The number of ether oxygens (including phenoxy) is 2. The van der Waals surface area contributed by atoms with Gasteiger partial charge < -0.3 is 14.6 Å². The predicted octanol–water partition coefficient (Wildman–Crippen LogP) is 2.00. The van der Waals surface area contributed by atoms with E-state index >= 15 is 0 Å². The molecule has 0 spiro atoms. The minimum Gasteiger partial charge on any atom is -0.497 e. The molecule has 0 aliphatic carbocycles.